The number of nitrogens with zero attached hydrogens (tertiary/aromatic N) is 2. The number of nitrogens with one attached hydrogen (secondary N) is 1. The van der Waals surface area contributed by atoms with Crippen LogP contribution in [0.5, 0.6) is 0 Å². The Morgan fingerprint density at radius 1 is 1.00 bits per heavy atom. The van der Waals surface area contributed by atoms with E-state index in [1.54, 1.807) is 18.2 Å². The molecule has 3 rings (SSSR count). The van der Waals surface area contributed by atoms with Gasteiger partial charge in [-0.15, -0.1) is 0 Å². The van der Waals surface area contributed by atoms with Gasteiger partial charge in [-0.2, -0.15) is 0 Å². The standard InChI is InChI=1S/C19H21Cl2N3O/c1-13-3-4-14(2)18(11-13)23-7-9-24(10-8-23)19(25)22-17-6-5-15(20)12-16(17)21/h3-6,11-12H,7-10H2,1-2H3,(H,22,25). The van der Waals surface area contributed by atoms with Crippen molar-refractivity contribution in [1.82, 2.24) is 4.90 Å². The third-order valence-electron chi connectivity index (χ3n) is 4.44. The number of hydrogen-bond acceptors (Lipinski definition) is 2. The van der Waals surface area contributed by atoms with Crippen molar-refractivity contribution >= 4 is 40.6 Å². The van der Waals surface area contributed by atoms with E-state index < -0.39 is 0 Å². The van der Waals surface area contributed by atoms with Gasteiger partial charge in [-0.25, -0.2) is 4.79 Å². The molecule has 0 spiro atoms. The van der Waals surface area contributed by atoms with E-state index in [4.69, 9.17) is 23.2 Å². The smallest absolute Gasteiger partial charge is 0.322 e. The Balaban J connectivity index is 1.62. The van der Waals surface area contributed by atoms with E-state index in [-0.39, 0.29) is 6.03 Å². The molecule has 2 amide bonds. The van der Waals surface area contributed by atoms with E-state index in [9.17, 15) is 4.79 Å². The van der Waals surface area contributed by atoms with Crippen LogP contribution in [0.3, 0.4) is 0 Å². The van der Waals surface area contributed by atoms with E-state index >= 15 is 0 Å². The van der Waals surface area contributed by atoms with E-state index in [0.717, 1.165) is 13.1 Å². The van der Waals surface area contributed by atoms with Gasteiger partial charge in [0.25, 0.3) is 0 Å². The number of carbonyl (C=O) groups excluding carboxylic acids is 1. The van der Waals surface area contributed by atoms with Crippen molar-refractivity contribution < 1.29 is 4.79 Å². The summed E-state index contributed by atoms with van der Waals surface area (Å²) in [5, 5.41) is 3.85. The fourth-order valence-electron chi connectivity index (χ4n) is 3.00. The molecule has 0 radical (unpaired) electrons. The largest absolute Gasteiger partial charge is 0.368 e. The monoisotopic (exact) mass is 377 g/mol. The van der Waals surface area contributed by atoms with Crippen molar-refractivity contribution in [3.8, 4) is 0 Å². The molecule has 0 aliphatic carbocycles. The Kier molecular flexibility index (Phi) is 5.40. The topological polar surface area (TPSA) is 35.6 Å². The minimum Gasteiger partial charge on any atom is -0.368 e. The van der Waals surface area contributed by atoms with Gasteiger partial charge in [-0.3, -0.25) is 0 Å². The van der Waals surface area contributed by atoms with Crippen LogP contribution in [0.2, 0.25) is 10.0 Å². The zero-order valence-electron chi connectivity index (χ0n) is 14.4. The molecule has 25 heavy (non-hydrogen) atoms. The number of hydrogen-bond donors (Lipinski definition) is 1. The molecule has 2 aromatic carbocycles. The zero-order chi connectivity index (χ0) is 18.0. The Hall–Kier alpha value is -1.91. The van der Waals surface area contributed by atoms with Crippen LogP contribution in [-0.4, -0.2) is 37.1 Å². The molecule has 4 nitrogen and oxygen atoms in total. The van der Waals surface area contributed by atoms with Gasteiger partial charge in [-0.05, 0) is 49.2 Å². The van der Waals surface area contributed by atoms with Gasteiger partial charge < -0.3 is 15.1 Å². The summed E-state index contributed by atoms with van der Waals surface area (Å²) < 4.78 is 0. The van der Waals surface area contributed by atoms with Crippen LogP contribution in [0, 0.1) is 13.8 Å². The molecule has 132 valence electrons. The Labute approximate surface area is 158 Å². The molecule has 1 fully saturated rings. The number of halogens is 2. The maximum Gasteiger partial charge on any atom is 0.322 e. The molecule has 0 unspecified atom stereocenters. The first-order chi connectivity index (χ1) is 11.9. The van der Waals surface area contributed by atoms with Crippen LogP contribution >= 0.6 is 23.2 Å². The third kappa shape index (κ3) is 4.20. The van der Waals surface area contributed by atoms with E-state index in [1.807, 2.05) is 4.90 Å². The number of benzene rings is 2. The summed E-state index contributed by atoms with van der Waals surface area (Å²) in [5.41, 5.74) is 4.34. The predicted octanol–water partition coefficient (Wildman–Crippen LogP) is 4.96. The molecule has 1 N–H and O–H groups in total. The first kappa shape index (κ1) is 17.9. The highest BCUT2D eigenvalue weighted by Crippen LogP contribution is 2.26. The molecule has 0 saturated carbocycles. The van der Waals surface area contributed by atoms with Crippen LogP contribution in [0.25, 0.3) is 0 Å². The Morgan fingerprint density at radius 3 is 2.40 bits per heavy atom. The van der Waals surface area contributed by atoms with Crippen molar-refractivity contribution in [3.63, 3.8) is 0 Å². The second-order valence-corrected chi connectivity index (χ2v) is 7.16. The average Bonchev–Trinajstić information content (AvgIpc) is 2.59. The van der Waals surface area contributed by atoms with Gasteiger partial charge in [-0.1, -0.05) is 35.3 Å². The second kappa shape index (κ2) is 7.54. The summed E-state index contributed by atoms with van der Waals surface area (Å²) in [4.78, 5) is 16.6. The molecule has 1 aliphatic heterocycles. The minimum absolute atomic E-state index is 0.134. The van der Waals surface area contributed by atoms with Gasteiger partial charge in [0, 0.05) is 36.9 Å². The molecule has 6 heteroatoms. The number of amides is 2. The van der Waals surface area contributed by atoms with Gasteiger partial charge >= 0.3 is 6.03 Å². The van der Waals surface area contributed by atoms with E-state index in [2.05, 4.69) is 42.3 Å². The normalized spacial score (nSPS) is 14.6. The number of anilines is 2. The Bertz CT molecular complexity index is 786. The zero-order valence-corrected chi connectivity index (χ0v) is 15.9. The highest BCUT2D eigenvalue weighted by Gasteiger charge is 2.22. The molecule has 0 atom stereocenters. The number of piperazine rings is 1. The summed E-state index contributed by atoms with van der Waals surface area (Å²) in [6, 6.07) is 11.4. The molecular formula is C19H21Cl2N3O. The van der Waals surface area contributed by atoms with Crippen molar-refractivity contribution in [2.75, 3.05) is 36.4 Å². The number of urea groups is 1. The summed E-state index contributed by atoms with van der Waals surface area (Å²) in [6.07, 6.45) is 0. The van der Waals surface area contributed by atoms with Crippen LogP contribution < -0.4 is 10.2 Å². The predicted molar refractivity (Wildman–Crippen MR) is 105 cm³/mol. The summed E-state index contributed by atoms with van der Waals surface area (Å²) in [5.74, 6) is 0. The lowest BCUT2D eigenvalue weighted by Crippen LogP contribution is -2.50. The summed E-state index contributed by atoms with van der Waals surface area (Å²) in [7, 11) is 0. The third-order valence-corrected chi connectivity index (χ3v) is 4.99. The molecule has 0 aromatic heterocycles. The summed E-state index contributed by atoms with van der Waals surface area (Å²) in [6.45, 7) is 7.19. The number of rotatable bonds is 2. The molecule has 2 aromatic rings. The summed E-state index contributed by atoms with van der Waals surface area (Å²) >= 11 is 12.0. The fourth-order valence-corrected chi connectivity index (χ4v) is 3.45. The van der Waals surface area contributed by atoms with Crippen LogP contribution in [-0.2, 0) is 0 Å². The van der Waals surface area contributed by atoms with Gasteiger partial charge in [0.05, 0.1) is 10.7 Å². The molecule has 1 aliphatic rings. The minimum atomic E-state index is -0.134. The SMILES string of the molecule is Cc1ccc(C)c(N2CCN(C(=O)Nc3ccc(Cl)cc3Cl)CC2)c1. The van der Waals surface area contributed by atoms with Crippen LogP contribution in [0.4, 0.5) is 16.2 Å². The molecular weight excluding hydrogens is 357 g/mol. The molecule has 1 saturated heterocycles. The van der Waals surface area contributed by atoms with Crippen molar-refractivity contribution in [2.24, 2.45) is 0 Å². The first-order valence-corrected chi connectivity index (χ1v) is 9.03. The Morgan fingerprint density at radius 2 is 1.72 bits per heavy atom. The number of aryl methyl sites for hydroxylation is 2. The first-order valence-electron chi connectivity index (χ1n) is 8.27. The lowest BCUT2D eigenvalue weighted by Gasteiger charge is -2.37. The highest BCUT2D eigenvalue weighted by atomic mass is 35.5. The van der Waals surface area contributed by atoms with Gasteiger partial charge in [0.1, 0.15) is 0 Å². The van der Waals surface area contributed by atoms with Crippen LogP contribution in [0.15, 0.2) is 36.4 Å². The van der Waals surface area contributed by atoms with Crippen molar-refractivity contribution in [1.29, 1.82) is 0 Å². The fraction of sp³-hybridized carbons (Fsp3) is 0.316. The van der Waals surface area contributed by atoms with Crippen LogP contribution in [0.1, 0.15) is 11.1 Å². The van der Waals surface area contributed by atoms with E-state index in [0.29, 0.717) is 28.8 Å². The van der Waals surface area contributed by atoms with Crippen molar-refractivity contribution in [2.45, 2.75) is 13.8 Å². The second-order valence-electron chi connectivity index (χ2n) is 6.32. The van der Waals surface area contributed by atoms with Gasteiger partial charge in [0.2, 0.25) is 0 Å². The molecule has 1 heterocycles. The highest BCUT2D eigenvalue weighted by molar-refractivity contribution is 6.36. The van der Waals surface area contributed by atoms with Gasteiger partial charge in [0.15, 0.2) is 0 Å². The lowest BCUT2D eigenvalue weighted by molar-refractivity contribution is 0.208. The quantitative estimate of drug-likeness (QED) is 0.801. The maximum absolute atomic E-state index is 12.5. The maximum atomic E-state index is 12.5. The average molecular weight is 378 g/mol. The van der Waals surface area contributed by atoms with E-state index in [1.165, 1.54) is 16.8 Å². The lowest BCUT2D eigenvalue weighted by atomic mass is 10.1. The number of carbonyl (C=O) groups is 1. The molecule has 0 bridgehead atoms. The van der Waals surface area contributed by atoms with Crippen molar-refractivity contribution in [3.05, 3.63) is 57.6 Å².